The third kappa shape index (κ3) is 5.92. The molecule has 0 unspecified atom stereocenters. The van der Waals surface area contributed by atoms with Crippen LogP contribution in [0.1, 0.15) is 69.5 Å². The summed E-state index contributed by atoms with van der Waals surface area (Å²) in [7, 11) is 2.42. The number of pyridine rings is 1. The number of amides is 1. The summed E-state index contributed by atoms with van der Waals surface area (Å²) in [5.74, 6) is -2.29. The average Bonchev–Trinajstić information content (AvgIpc) is 2.92. The Hall–Kier alpha value is -4.27. The second-order valence-electron chi connectivity index (χ2n) is 10.6. The smallest absolute Gasteiger partial charge is 0.339 e. The normalized spacial score (nSPS) is 14.7. The summed E-state index contributed by atoms with van der Waals surface area (Å²) in [6.45, 7) is 5.97. The predicted octanol–water partition coefficient (Wildman–Crippen LogP) is 4.75. The molecule has 1 aliphatic carbocycles. The minimum atomic E-state index is -0.706. The van der Waals surface area contributed by atoms with Gasteiger partial charge in [-0.05, 0) is 60.4 Å². The molecule has 0 saturated heterocycles. The molecule has 0 radical (unpaired) electrons. The highest BCUT2D eigenvalue weighted by molar-refractivity contribution is 6.07. The third-order valence-electron chi connectivity index (χ3n) is 7.14. The number of rotatable bonds is 6. The molecule has 1 amide bonds. The maximum atomic E-state index is 13.5. The lowest BCUT2D eigenvalue weighted by molar-refractivity contribution is -0.119. The first-order chi connectivity index (χ1) is 18.5. The average molecular weight is 533 g/mol. The van der Waals surface area contributed by atoms with E-state index in [1.165, 1.54) is 32.4 Å². The molecule has 1 atom stereocenters. The molecule has 0 aliphatic heterocycles. The minimum Gasteiger partial charge on any atom is -0.465 e. The van der Waals surface area contributed by atoms with Crippen molar-refractivity contribution in [3.8, 4) is 0 Å². The first kappa shape index (κ1) is 27.8. The molecule has 0 fully saturated rings. The van der Waals surface area contributed by atoms with Crippen LogP contribution in [0.3, 0.4) is 0 Å². The van der Waals surface area contributed by atoms with Gasteiger partial charge in [-0.25, -0.2) is 14.4 Å². The summed E-state index contributed by atoms with van der Waals surface area (Å²) in [6.07, 6.45) is 2.43. The molecule has 3 aromatic rings. The molecule has 1 heterocycles. The van der Waals surface area contributed by atoms with Gasteiger partial charge in [0.25, 0.3) is 5.91 Å². The molecule has 9 heteroatoms. The zero-order valence-corrected chi connectivity index (χ0v) is 22.8. The van der Waals surface area contributed by atoms with E-state index in [9.17, 15) is 19.2 Å². The van der Waals surface area contributed by atoms with Crippen LogP contribution in [0, 0.1) is 11.3 Å². The number of aromatic nitrogens is 1. The number of esters is 3. The number of fused-ring (bicyclic) bond motifs is 2. The van der Waals surface area contributed by atoms with E-state index in [4.69, 9.17) is 19.2 Å². The van der Waals surface area contributed by atoms with Gasteiger partial charge in [0.15, 0.2) is 6.61 Å². The lowest BCUT2D eigenvalue weighted by atomic mass is 9.70. The molecular formula is C30H32N2O7. The maximum Gasteiger partial charge on any atom is 0.339 e. The molecule has 1 N–H and O–H groups in total. The van der Waals surface area contributed by atoms with Gasteiger partial charge in [0.1, 0.15) is 0 Å². The number of hydrogen-bond donors (Lipinski definition) is 1. The predicted molar refractivity (Wildman–Crippen MR) is 145 cm³/mol. The summed E-state index contributed by atoms with van der Waals surface area (Å²) in [4.78, 5) is 55.3. The minimum absolute atomic E-state index is 0.0329. The monoisotopic (exact) mass is 532 g/mol. The van der Waals surface area contributed by atoms with Crippen molar-refractivity contribution in [3.63, 3.8) is 0 Å². The number of anilines is 1. The largest absolute Gasteiger partial charge is 0.465 e. The van der Waals surface area contributed by atoms with Gasteiger partial charge in [-0.1, -0.05) is 39.0 Å². The molecular weight excluding hydrogens is 500 g/mol. The number of nitrogens with one attached hydrogen (secondary N) is 1. The van der Waals surface area contributed by atoms with Gasteiger partial charge in [-0.15, -0.1) is 0 Å². The molecule has 0 bridgehead atoms. The zero-order chi connectivity index (χ0) is 28.3. The Labute approximate surface area is 226 Å². The van der Waals surface area contributed by atoms with E-state index in [1.54, 1.807) is 0 Å². The summed E-state index contributed by atoms with van der Waals surface area (Å²) in [6, 6.07) is 11.4. The molecule has 0 spiro atoms. The Kier molecular flexibility index (Phi) is 7.99. The molecule has 1 aliphatic rings. The van der Waals surface area contributed by atoms with Crippen molar-refractivity contribution in [2.45, 2.75) is 40.0 Å². The van der Waals surface area contributed by atoms with Crippen LogP contribution in [0.5, 0.6) is 0 Å². The van der Waals surface area contributed by atoms with Gasteiger partial charge < -0.3 is 19.5 Å². The first-order valence-corrected chi connectivity index (χ1v) is 12.7. The van der Waals surface area contributed by atoms with Crippen LogP contribution in [0.2, 0.25) is 0 Å². The molecule has 1 aromatic heterocycles. The van der Waals surface area contributed by atoms with E-state index in [1.807, 2.05) is 24.3 Å². The van der Waals surface area contributed by atoms with Crippen LogP contribution >= 0.6 is 0 Å². The molecule has 4 rings (SSSR count). The van der Waals surface area contributed by atoms with Gasteiger partial charge in [0.2, 0.25) is 0 Å². The fourth-order valence-electron chi connectivity index (χ4n) is 4.93. The van der Waals surface area contributed by atoms with Crippen LogP contribution < -0.4 is 5.32 Å². The number of hydrogen-bond acceptors (Lipinski definition) is 8. The molecule has 204 valence electrons. The van der Waals surface area contributed by atoms with Crippen molar-refractivity contribution in [1.29, 1.82) is 0 Å². The van der Waals surface area contributed by atoms with E-state index in [0.717, 1.165) is 24.1 Å². The first-order valence-electron chi connectivity index (χ1n) is 12.7. The van der Waals surface area contributed by atoms with E-state index in [-0.39, 0.29) is 22.2 Å². The highest BCUT2D eigenvalue weighted by Gasteiger charge is 2.33. The van der Waals surface area contributed by atoms with Crippen molar-refractivity contribution in [2.24, 2.45) is 11.3 Å². The highest BCUT2D eigenvalue weighted by Crippen LogP contribution is 2.39. The topological polar surface area (TPSA) is 121 Å². The number of carbonyl (C=O) groups is 4. The number of ether oxygens (including phenoxy) is 3. The quantitative estimate of drug-likeness (QED) is 0.357. The van der Waals surface area contributed by atoms with Crippen LogP contribution in [0.25, 0.3) is 10.9 Å². The summed E-state index contributed by atoms with van der Waals surface area (Å²) in [5.41, 5.74) is 3.13. The van der Waals surface area contributed by atoms with Crippen molar-refractivity contribution < 1.29 is 33.4 Å². The van der Waals surface area contributed by atoms with Crippen LogP contribution in [0.15, 0.2) is 42.5 Å². The lowest BCUT2D eigenvalue weighted by Crippen LogP contribution is -2.29. The van der Waals surface area contributed by atoms with Crippen LogP contribution in [0.4, 0.5) is 5.69 Å². The van der Waals surface area contributed by atoms with Crippen LogP contribution in [-0.2, 0) is 31.8 Å². The third-order valence-corrected chi connectivity index (χ3v) is 7.14. The Bertz CT molecular complexity index is 1460. The van der Waals surface area contributed by atoms with Crippen molar-refractivity contribution in [2.75, 3.05) is 26.1 Å². The SMILES string of the molecule is COC(=O)c1ccc(C(=O)OC)c(NC(=O)COC(=O)c2c3c(nc4ccccc24)CC[C@@H](C(C)(C)C)C3)c1. The van der Waals surface area contributed by atoms with E-state index >= 15 is 0 Å². The second-order valence-corrected chi connectivity index (χ2v) is 10.6. The Morgan fingerprint density at radius 2 is 1.69 bits per heavy atom. The fraction of sp³-hybridized carbons (Fsp3) is 0.367. The van der Waals surface area contributed by atoms with Crippen molar-refractivity contribution in [3.05, 3.63) is 70.4 Å². The van der Waals surface area contributed by atoms with Gasteiger partial charge in [0.05, 0.1) is 42.1 Å². The number of carbonyl (C=O) groups excluding carboxylic acids is 4. The van der Waals surface area contributed by atoms with E-state index in [2.05, 4.69) is 26.1 Å². The number of para-hydroxylation sites is 1. The molecule has 39 heavy (non-hydrogen) atoms. The lowest BCUT2D eigenvalue weighted by Gasteiger charge is -2.35. The molecule has 0 saturated carbocycles. The van der Waals surface area contributed by atoms with E-state index in [0.29, 0.717) is 28.8 Å². The van der Waals surface area contributed by atoms with Gasteiger partial charge >= 0.3 is 17.9 Å². The Morgan fingerprint density at radius 1 is 0.974 bits per heavy atom. The Morgan fingerprint density at radius 3 is 2.38 bits per heavy atom. The Balaban J connectivity index is 1.59. The van der Waals surface area contributed by atoms with Crippen molar-refractivity contribution in [1.82, 2.24) is 4.98 Å². The zero-order valence-electron chi connectivity index (χ0n) is 22.8. The summed E-state index contributed by atoms with van der Waals surface area (Å²) >= 11 is 0. The number of methoxy groups -OCH3 is 2. The summed E-state index contributed by atoms with van der Waals surface area (Å²) < 4.78 is 15.0. The van der Waals surface area contributed by atoms with E-state index < -0.39 is 30.4 Å². The highest BCUT2D eigenvalue weighted by atomic mass is 16.5. The molecule has 2 aromatic carbocycles. The number of nitrogens with zero attached hydrogens (tertiary/aromatic N) is 1. The number of benzene rings is 2. The summed E-state index contributed by atoms with van der Waals surface area (Å²) in [5, 5.41) is 3.22. The standard InChI is InChI=1S/C30H32N2O7/c1-30(2,3)18-11-13-23-21(15-18)26(19-8-6-7-9-22(19)31-23)29(36)39-16-25(33)32-24-14-17(27(34)37-4)10-12-20(24)28(35)38-5/h6-10,12,14,18H,11,13,15-16H2,1-5H3,(H,32,33)/t18-/m1/s1. The van der Waals surface area contributed by atoms with Gasteiger partial charge in [0, 0.05) is 11.1 Å². The van der Waals surface area contributed by atoms with Crippen LogP contribution in [-0.4, -0.2) is 49.6 Å². The molecule has 9 nitrogen and oxygen atoms in total. The fourth-order valence-corrected chi connectivity index (χ4v) is 4.93. The van der Waals surface area contributed by atoms with Gasteiger partial charge in [-0.2, -0.15) is 0 Å². The maximum absolute atomic E-state index is 13.5. The van der Waals surface area contributed by atoms with Crippen molar-refractivity contribution >= 4 is 40.4 Å². The number of aryl methyl sites for hydroxylation is 1. The second kappa shape index (κ2) is 11.2. The van der Waals surface area contributed by atoms with Gasteiger partial charge in [-0.3, -0.25) is 9.78 Å².